The molecule has 0 saturated carbocycles. The summed E-state index contributed by atoms with van der Waals surface area (Å²) in [7, 11) is -0.331. The zero-order chi connectivity index (χ0) is 26.6. The van der Waals surface area contributed by atoms with Crippen LogP contribution in [0.4, 0.5) is 0 Å². The third-order valence-electron chi connectivity index (χ3n) is 5.73. The molecule has 8 heteroatoms. The van der Waals surface area contributed by atoms with Crippen LogP contribution in [0.5, 0.6) is 0 Å². The molecule has 0 N–H and O–H groups in total. The average molecular weight is 516 g/mol. The number of aromatic nitrogens is 4. The Kier molecular flexibility index (Phi) is 8.19. The summed E-state index contributed by atoms with van der Waals surface area (Å²) in [5, 5.41) is 0.938. The minimum Gasteiger partial charge on any atom is -0.460 e. The van der Waals surface area contributed by atoms with Gasteiger partial charge in [-0.3, -0.25) is 14.8 Å². The van der Waals surface area contributed by atoms with E-state index in [0.29, 0.717) is 6.73 Å². The standard InChI is InChI=1S/C29H35N4O3Si/c1-20-8-7-9-25(32-20)28-27(31-18-33(28)19-35-12-13-37(5)6)22-10-11-24-23(16-22)14-21(17-30-24)15-26(34)36-29(2,3)4/h7-11,14,16-18H,12-13,15,19H2,1-6H3. The van der Waals surface area contributed by atoms with E-state index in [4.69, 9.17) is 19.4 Å². The van der Waals surface area contributed by atoms with Gasteiger partial charge >= 0.3 is 5.97 Å². The number of benzene rings is 1. The second-order valence-corrected chi connectivity index (χ2v) is 13.5. The zero-order valence-electron chi connectivity index (χ0n) is 22.5. The number of nitrogens with zero attached hydrogens (tertiary/aromatic N) is 4. The van der Waals surface area contributed by atoms with Crippen molar-refractivity contribution in [3.05, 3.63) is 66.2 Å². The first-order valence-electron chi connectivity index (χ1n) is 12.6. The van der Waals surface area contributed by atoms with Crippen LogP contribution in [0.3, 0.4) is 0 Å². The Morgan fingerprint density at radius 1 is 1.08 bits per heavy atom. The SMILES string of the molecule is Cc1cccc(-c2c(-c3ccc4ncc(CC(=O)OC(C)(C)C)cc4c3)ncn2COCC[Si](C)C)n1. The lowest BCUT2D eigenvalue weighted by molar-refractivity contribution is -0.153. The number of carbonyl (C=O) groups excluding carboxylic acids is 1. The fraction of sp³-hybridized carbons (Fsp3) is 0.379. The van der Waals surface area contributed by atoms with Gasteiger partial charge in [0.05, 0.1) is 35.3 Å². The molecule has 4 aromatic rings. The van der Waals surface area contributed by atoms with Gasteiger partial charge in [0.1, 0.15) is 12.3 Å². The van der Waals surface area contributed by atoms with E-state index in [9.17, 15) is 4.79 Å². The van der Waals surface area contributed by atoms with Gasteiger partial charge in [0.2, 0.25) is 0 Å². The van der Waals surface area contributed by atoms with Gasteiger partial charge < -0.3 is 14.0 Å². The molecule has 0 amide bonds. The fourth-order valence-corrected chi connectivity index (χ4v) is 4.59. The van der Waals surface area contributed by atoms with Gasteiger partial charge in [-0.25, -0.2) is 4.98 Å². The Labute approximate surface area is 220 Å². The molecule has 1 radical (unpaired) electrons. The zero-order valence-corrected chi connectivity index (χ0v) is 23.5. The van der Waals surface area contributed by atoms with Crippen molar-refractivity contribution in [3.8, 4) is 22.6 Å². The van der Waals surface area contributed by atoms with E-state index in [1.54, 1.807) is 6.20 Å². The maximum Gasteiger partial charge on any atom is 0.310 e. The first-order valence-corrected chi connectivity index (χ1v) is 15.3. The van der Waals surface area contributed by atoms with Crippen LogP contribution in [-0.4, -0.2) is 46.5 Å². The number of esters is 1. The molecule has 0 unspecified atom stereocenters. The largest absolute Gasteiger partial charge is 0.460 e. The minimum absolute atomic E-state index is 0.174. The van der Waals surface area contributed by atoms with Crippen molar-refractivity contribution in [1.82, 2.24) is 19.5 Å². The van der Waals surface area contributed by atoms with Crippen LogP contribution in [0.15, 0.2) is 55.0 Å². The van der Waals surface area contributed by atoms with E-state index in [1.807, 2.05) is 75.0 Å². The van der Waals surface area contributed by atoms with Crippen LogP contribution in [0.1, 0.15) is 32.0 Å². The number of imidazole rings is 1. The van der Waals surface area contributed by atoms with E-state index in [0.717, 1.165) is 57.5 Å². The normalized spacial score (nSPS) is 11.9. The first kappa shape index (κ1) is 26.7. The summed E-state index contributed by atoms with van der Waals surface area (Å²) in [6.07, 6.45) is 3.73. The van der Waals surface area contributed by atoms with E-state index in [-0.39, 0.29) is 21.2 Å². The number of aryl methyl sites for hydroxylation is 1. The maximum atomic E-state index is 12.3. The van der Waals surface area contributed by atoms with Gasteiger partial charge in [0.25, 0.3) is 0 Å². The summed E-state index contributed by atoms with van der Waals surface area (Å²) < 4.78 is 13.5. The number of hydrogen-bond acceptors (Lipinski definition) is 6. The molecule has 7 nitrogen and oxygen atoms in total. The molecule has 0 spiro atoms. The van der Waals surface area contributed by atoms with Crippen molar-refractivity contribution in [2.75, 3.05) is 6.61 Å². The Balaban J connectivity index is 1.68. The summed E-state index contributed by atoms with van der Waals surface area (Å²) in [4.78, 5) is 26.5. The lowest BCUT2D eigenvalue weighted by Gasteiger charge is -2.19. The van der Waals surface area contributed by atoms with E-state index >= 15 is 0 Å². The highest BCUT2D eigenvalue weighted by Crippen LogP contribution is 2.32. The van der Waals surface area contributed by atoms with Crippen LogP contribution in [0.25, 0.3) is 33.5 Å². The molecule has 0 aliphatic carbocycles. The monoisotopic (exact) mass is 515 g/mol. The molecule has 3 aromatic heterocycles. The van der Waals surface area contributed by atoms with Crippen molar-refractivity contribution < 1.29 is 14.3 Å². The number of hydrogen-bond donors (Lipinski definition) is 0. The third kappa shape index (κ3) is 7.11. The Morgan fingerprint density at radius 2 is 1.89 bits per heavy atom. The summed E-state index contributed by atoms with van der Waals surface area (Å²) in [5.74, 6) is -0.268. The summed E-state index contributed by atoms with van der Waals surface area (Å²) in [6, 6.07) is 15.2. The lowest BCUT2D eigenvalue weighted by atomic mass is 10.0. The summed E-state index contributed by atoms with van der Waals surface area (Å²) in [5.41, 5.74) is 5.63. The predicted octanol–water partition coefficient (Wildman–Crippen LogP) is 6.08. The number of fused-ring (bicyclic) bond motifs is 1. The molecule has 193 valence electrons. The summed E-state index contributed by atoms with van der Waals surface area (Å²) in [6.45, 7) is 13.3. The van der Waals surface area contributed by atoms with Crippen LogP contribution in [0, 0.1) is 6.92 Å². The molecule has 4 rings (SSSR count). The highest BCUT2D eigenvalue weighted by atomic mass is 28.3. The van der Waals surface area contributed by atoms with E-state index in [2.05, 4.69) is 24.1 Å². The van der Waals surface area contributed by atoms with Crippen LogP contribution in [-0.2, 0) is 27.4 Å². The molecule has 0 aliphatic heterocycles. The fourth-order valence-electron chi connectivity index (χ4n) is 4.04. The van der Waals surface area contributed by atoms with Crippen molar-refractivity contribution in [2.45, 2.75) is 65.6 Å². The molecule has 0 fully saturated rings. The predicted molar refractivity (Wildman–Crippen MR) is 149 cm³/mol. The second-order valence-electron chi connectivity index (χ2n) is 10.6. The number of ether oxygens (including phenoxy) is 2. The van der Waals surface area contributed by atoms with Gasteiger partial charge in [0.15, 0.2) is 0 Å². The van der Waals surface area contributed by atoms with Crippen LogP contribution < -0.4 is 0 Å². The number of carbonyl (C=O) groups is 1. The molecule has 0 saturated heterocycles. The van der Waals surface area contributed by atoms with Crippen molar-refractivity contribution in [1.29, 1.82) is 0 Å². The Hall–Kier alpha value is -3.36. The van der Waals surface area contributed by atoms with Crippen molar-refractivity contribution >= 4 is 25.7 Å². The Morgan fingerprint density at radius 3 is 2.62 bits per heavy atom. The highest BCUT2D eigenvalue weighted by Gasteiger charge is 2.19. The van der Waals surface area contributed by atoms with E-state index in [1.165, 1.54) is 0 Å². The minimum atomic E-state index is -0.520. The van der Waals surface area contributed by atoms with E-state index < -0.39 is 5.60 Å². The van der Waals surface area contributed by atoms with Crippen LogP contribution in [0.2, 0.25) is 19.1 Å². The topological polar surface area (TPSA) is 79.1 Å². The smallest absolute Gasteiger partial charge is 0.310 e. The highest BCUT2D eigenvalue weighted by molar-refractivity contribution is 6.55. The Bertz CT molecular complexity index is 1390. The third-order valence-corrected chi connectivity index (χ3v) is 6.93. The quantitative estimate of drug-likeness (QED) is 0.153. The molecular weight excluding hydrogens is 480 g/mol. The van der Waals surface area contributed by atoms with Crippen molar-refractivity contribution in [2.24, 2.45) is 0 Å². The molecule has 1 aromatic carbocycles. The molecule has 3 heterocycles. The van der Waals surface area contributed by atoms with Gasteiger partial charge in [-0.1, -0.05) is 25.2 Å². The number of rotatable bonds is 9. The van der Waals surface area contributed by atoms with Gasteiger partial charge in [-0.05, 0) is 69.6 Å². The van der Waals surface area contributed by atoms with Gasteiger partial charge in [-0.15, -0.1) is 0 Å². The lowest BCUT2D eigenvalue weighted by Crippen LogP contribution is -2.24. The van der Waals surface area contributed by atoms with Crippen molar-refractivity contribution in [3.63, 3.8) is 0 Å². The molecule has 0 atom stereocenters. The number of pyridine rings is 2. The summed E-state index contributed by atoms with van der Waals surface area (Å²) >= 11 is 0. The second kappa shape index (κ2) is 11.4. The average Bonchev–Trinajstić information content (AvgIpc) is 3.24. The van der Waals surface area contributed by atoms with Gasteiger partial charge in [0, 0.05) is 38.2 Å². The maximum absolute atomic E-state index is 12.3. The molecule has 37 heavy (non-hydrogen) atoms. The molecular formula is C29H35N4O3Si. The van der Waals surface area contributed by atoms with Gasteiger partial charge in [-0.2, -0.15) is 0 Å². The van der Waals surface area contributed by atoms with Crippen LogP contribution >= 0.6 is 0 Å². The molecule has 0 aliphatic rings. The first-order chi connectivity index (χ1) is 17.6. The molecule has 0 bridgehead atoms.